The quantitative estimate of drug-likeness (QED) is 0.797. The van der Waals surface area contributed by atoms with Crippen LogP contribution in [0.15, 0.2) is 12.4 Å². The van der Waals surface area contributed by atoms with Crippen molar-refractivity contribution < 1.29 is 9.53 Å². The third-order valence-electron chi connectivity index (χ3n) is 2.73. The summed E-state index contributed by atoms with van der Waals surface area (Å²) in [5, 5.41) is 9.61. The Kier molecular flexibility index (Phi) is 3.98. The minimum absolute atomic E-state index is 0.163. The van der Waals surface area contributed by atoms with Crippen LogP contribution in [-0.4, -0.2) is 35.1 Å². The number of urea groups is 1. The van der Waals surface area contributed by atoms with E-state index in [1.807, 2.05) is 13.2 Å². The van der Waals surface area contributed by atoms with Gasteiger partial charge in [0.05, 0.1) is 12.3 Å². The Hall–Kier alpha value is -1.56. The van der Waals surface area contributed by atoms with Crippen LogP contribution in [0.4, 0.5) is 4.79 Å². The smallest absolute Gasteiger partial charge is 0.315 e. The molecular weight excluding hydrogens is 220 g/mol. The standard InChI is InChI=1S/C11H18N4O2/c1-15-8-9(6-14-15)5-12-11(16)13-7-10-3-2-4-17-10/h6,8,10H,2-5,7H2,1H3,(H2,12,13,16). The lowest BCUT2D eigenvalue weighted by Crippen LogP contribution is -2.39. The Labute approximate surface area is 100 Å². The van der Waals surface area contributed by atoms with E-state index < -0.39 is 0 Å². The van der Waals surface area contributed by atoms with Crippen molar-refractivity contribution in [3.8, 4) is 0 Å². The van der Waals surface area contributed by atoms with Crippen LogP contribution in [0.25, 0.3) is 0 Å². The first-order valence-electron chi connectivity index (χ1n) is 5.85. The number of carbonyl (C=O) groups excluding carboxylic acids is 1. The minimum Gasteiger partial charge on any atom is -0.376 e. The molecule has 0 aliphatic carbocycles. The van der Waals surface area contributed by atoms with E-state index in [1.54, 1.807) is 10.9 Å². The van der Waals surface area contributed by atoms with E-state index in [9.17, 15) is 4.79 Å². The second kappa shape index (κ2) is 5.67. The molecule has 1 saturated heterocycles. The van der Waals surface area contributed by atoms with Crippen molar-refractivity contribution in [3.63, 3.8) is 0 Å². The molecule has 0 radical (unpaired) electrons. The molecule has 1 unspecified atom stereocenters. The maximum Gasteiger partial charge on any atom is 0.315 e. The van der Waals surface area contributed by atoms with E-state index in [2.05, 4.69) is 15.7 Å². The van der Waals surface area contributed by atoms with E-state index >= 15 is 0 Å². The molecule has 1 atom stereocenters. The normalized spacial score (nSPS) is 19.2. The molecule has 0 aromatic carbocycles. The molecule has 6 heteroatoms. The van der Waals surface area contributed by atoms with Gasteiger partial charge in [0, 0.05) is 38.5 Å². The zero-order chi connectivity index (χ0) is 12.1. The van der Waals surface area contributed by atoms with Crippen molar-refractivity contribution in [1.29, 1.82) is 0 Å². The van der Waals surface area contributed by atoms with Crippen molar-refractivity contribution in [1.82, 2.24) is 20.4 Å². The Balaban J connectivity index is 1.63. The largest absolute Gasteiger partial charge is 0.376 e. The number of ether oxygens (including phenoxy) is 1. The van der Waals surface area contributed by atoms with Gasteiger partial charge in [-0.25, -0.2) is 4.79 Å². The third kappa shape index (κ3) is 3.74. The van der Waals surface area contributed by atoms with Crippen LogP contribution < -0.4 is 10.6 Å². The Morgan fingerprint density at radius 2 is 2.53 bits per heavy atom. The van der Waals surface area contributed by atoms with Gasteiger partial charge in [0.1, 0.15) is 0 Å². The third-order valence-corrected chi connectivity index (χ3v) is 2.73. The number of nitrogens with zero attached hydrogens (tertiary/aromatic N) is 2. The number of carbonyl (C=O) groups is 1. The van der Waals surface area contributed by atoms with Crippen LogP contribution in [0, 0.1) is 0 Å². The van der Waals surface area contributed by atoms with Gasteiger partial charge in [0.2, 0.25) is 0 Å². The maximum atomic E-state index is 11.5. The average molecular weight is 238 g/mol. The lowest BCUT2D eigenvalue weighted by Gasteiger charge is -2.11. The van der Waals surface area contributed by atoms with Gasteiger partial charge >= 0.3 is 6.03 Å². The van der Waals surface area contributed by atoms with Crippen LogP contribution in [0.1, 0.15) is 18.4 Å². The highest BCUT2D eigenvalue weighted by Gasteiger charge is 2.15. The van der Waals surface area contributed by atoms with Gasteiger partial charge in [-0.05, 0) is 12.8 Å². The summed E-state index contributed by atoms with van der Waals surface area (Å²) in [6, 6.07) is -0.163. The molecule has 0 spiro atoms. The lowest BCUT2D eigenvalue weighted by molar-refractivity contribution is 0.111. The number of amides is 2. The first-order valence-corrected chi connectivity index (χ1v) is 5.85. The first kappa shape index (κ1) is 11.9. The predicted molar refractivity (Wildman–Crippen MR) is 62.4 cm³/mol. The molecule has 2 amide bonds. The topological polar surface area (TPSA) is 68.2 Å². The van der Waals surface area contributed by atoms with Crippen molar-refractivity contribution in [2.24, 2.45) is 7.05 Å². The number of aryl methyl sites for hydroxylation is 1. The summed E-state index contributed by atoms with van der Waals surface area (Å²) < 4.78 is 7.12. The summed E-state index contributed by atoms with van der Waals surface area (Å²) >= 11 is 0. The molecule has 0 saturated carbocycles. The highest BCUT2D eigenvalue weighted by Crippen LogP contribution is 2.10. The zero-order valence-corrected chi connectivity index (χ0v) is 9.98. The van der Waals surface area contributed by atoms with E-state index in [-0.39, 0.29) is 12.1 Å². The van der Waals surface area contributed by atoms with Crippen molar-refractivity contribution >= 4 is 6.03 Å². The molecule has 1 aliphatic heterocycles. The molecular formula is C11H18N4O2. The Morgan fingerprint density at radius 1 is 1.65 bits per heavy atom. The van der Waals surface area contributed by atoms with Gasteiger partial charge in [0.15, 0.2) is 0 Å². The van der Waals surface area contributed by atoms with Crippen molar-refractivity contribution in [2.75, 3.05) is 13.2 Å². The zero-order valence-electron chi connectivity index (χ0n) is 9.98. The summed E-state index contributed by atoms with van der Waals surface area (Å²) in [5.41, 5.74) is 0.986. The van der Waals surface area contributed by atoms with Gasteiger partial charge in [-0.1, -0.05) is 0 Å². The summed E-state index contributed by atoms with van der Waals surface area (Å²) in [7, 11) is 1.85. The SMILES string of the molecule is Cn1cc(CNC(=O)NCC2CCCO2)cn1. The van der Waals surface area contributed by atoms with Gasteiger partial charge < -0.3 is 15.4 Å². The summed E-state index contributed by atoms with van der Waals surface area (Å²) in [4.78, 5) is 11.5. The minimum atomic E-state index is -0.163. The fourth-order valence-electron chi connectivity index (χ4n) is 1.82. The molecule has 1 fully saturated rings. The first-order chi connectivity index (χ1) is 8.24. The van der Waals surface area contributed by atoms with E-state index in [0.29, 0.717) is 13.1 Å². The second-order valence-corrected chi connectivity index (χ2v) is 4.22. The summed E-state index contributed by atoms with van der Waals surface area (Å²) in [5.74, 6) is 0. The van der Waals surface area contributed by atoms with Crippen LogP contribution >= 0.6 is 0 Å². The van der Waals surface area contributed by atoms with Crippen LogP contribution in [0.5, 0.6) is 0 Å². The van der Waals surface area contributed by atoms with Crippen molar-refractivity contribution in [3.05, 3.63) is 18.0 Å². The molecule has 17 heavy (non-hydrogen) atoms. The second-order valence-electron chi connectivity index (χ2n) is 4.22. The average Bonchev–Trinajstić information content (AvgIpc) is 2.95. The van der Waals surface area contributed by atoms with E-state index in [1.165, 1.54) is 0 Å². The molecule has 94 valence electrons. The molecule has 2 heterocycles. The Bertz CT molecular complexity index is 371. The Morgan fingerprint density at radius 3 is 3.18 bits per heavy atom. The number of nitrogens with one attached hydrogen (secondary N) is 2. The van der Waals surface area contributed by atoms with Gasteiger partial charge in [-0.3, -0.25) is 4.68 Å². The van der Waals surface area contributed by atoms with Crippen LogP contribution in [0.3, 0.4) is 0 Å². The lowest BCUT2D eigenvalue weighted by atomic mass is 10.2. The summed E-state index contributed by atoms with van der Waals surface area (Å²) in [6.45, 7) is 1.88. The highest BCUT2D eigenvalue weighted by atomic mass is 16.5. The number of rotatable bonds is 4. The molecule has 1 aromatic rings. The number of hydrogen-bond acceptors (Lipinski definition) is 3. The predicted octanol–water partition coefficient (Wildman–Crippen LogP) is 0.398. The molecule has 1 aromatic heterocycles. The van der Waals surface area contributed by atoms with Crippen molar-refractivity contribution in [2.45, 2.75) is 25.5 Å². The fourth-order valence-corrected chi connectivity index (χ4v) is 1.82. The molecule has 1 aliphatic rings. The molecule has 0 bridgehead atoms. The monoisotopic (exact) mass is 238 g/mol. The number of aromatic nitrogens is 2. The van der Waals surface area contributed by atoms with Crippen LogP contribution in [0.2, 0.25) is 0 Å². The highest BCUT2D eigenvalue weighted by molar-refractivity contribution is 5.73. The molecule has 6 nitrogen and oxygen atoms in total. The van der Waals surface area contributed by atoms with Crippen LogP contribution in [-0.2, 0) is 18.3 Å². The molecule has 2 N–H and O–H groups in total. The van der Waals surface area contributed by atoms with Gasteiger partial charge in [-0.15, -0.1) is 0 Å². The van der Waals surface area contributed by atoms with Gasteiger partial charge in [-0.2, -0.15) is 5.10 Å². The fraction of sp³-hybridized carbons (Fsp3) is 0.636. The van der Waals surface area contributed by atoms with E-state index in [4.69, 9.17) is 4.74 Å². The number of hydrogen-bond donors (Lipinski definition) is 2. The maximum absolute atomic E-state index is 11.5. The molecule has 2 rings (SSSR count). The van der Waals surface area contributed by atoms with Gasteiger partial charge in [0.25, 0.3) is 0 Å². The van der Waals surface area contributed by atoms with E-state index in [0.717, 1.165) is 25.0 Å². The summed E-state index contributed by atoms with van der Waals surface area (Å²) in [6.07, 6.45) is 5.91.